The summed E-state index contributed by atoms with van der Waals surface area (Å²) in [5.41, 5.74) is 6.20. The van der Waals surface area contributed by atoms with Gasteiger partial charge in [-0.3, -0.25) is 4.79 Å². The normalized spacial score (nSPS) is 9.94. The van der Waals surface area contributed by atoms with E-state index < -0.39 is 11.9 Å². The lowest BCUT2D eigenvalue weighted by atomic mass is 10.0. The van der Waals surface area contributed by atoms with Crippen molar-refractivity contribution in [2.75, 3.05) is 6.61 Å². The van der Waals surface area contributed by atoms with Gasteiger partial charge in [0, 0.05) is 5.56 Å². The summed E-state index contributed by atoms with van der Waals surface area (Å²) in [4.78, 5) is 22.7. The summed E-state index contributed by atoms with van der Waals surface area (Å²) < 4.78 is 9.60. The summed E-state index contributed by atoms with van der Waals surface area (Å²) in [5, 5.41) is 0. The van der Waals surface area contributed by atoms with Gasteiger partial charge in [-0.05, 0) is 25.5 Å². The Hall–Kier alpha value is -1.75. The smallest absolute Gasteiger partial charge is 0.356 e. The average Bonchev–Trinajstić information content (AvgIpc) is 2.35. The van der Waals surface area contributed by atoms with Gasteiger partial charge in [-0.1, -0.05) is 6.92 Å². The molecule has 0 saturated heterocycles. The lowest BCUT2D eigenvalue weighted by molar-refractivity contribution is 0.0749. The summed E-state index contributed by atoms with van der Waals surface area (Å²) in [6.07, 6.45) is 0.766. The fourth-order valence-electron chi connectivity index (χ4n) is 1.54. The van der Waals surface area contributed by atoms with Crippen molar-refractivity contribution in [3.63, 3.8) is 0 Å². The van der Waals surface area contributed by atoms with Crippen LogP contribution in [-0.4, -0.2) is 18.5 Å². The SMILES string of the molecule is CCCOc1c(C(N)=O)ccc(C(=O)OCl)c1C. The van der Waals surface area contributed by atoms with E-state index in [2.05, 4.69) is 4.29 Å². The van der Waals surface area contributed by atoms with Crippen molar-refractivity contribution in [3.05, 3.63) is 28.8 Å². The standard InChI is InChI=1S/C12H14ClNO4/c1-3-6-17-10-7(2)8(12(16)18-13)4-5-9(10)11(14)15/h4-5H,3,6H2,1-2H3,(H2,14,15). The van der Waals surface area contributed by atoms with Crippen LogP contribution in [-0.2, 0) is 4.29 Å². The fraction of sp³-hybridized carbons (Fsp3) is 0.333. The van der Waals surface area contributed by atoms with Gasteiger partial charge in [0.05, 0.1) is 17.7 Å². The molecule has 6 heteroatoms. The molecule has 0 atom stereocenters. The van der Waals surface area contributed by atoms with Gasteiger partial charge >= 0.3 is 5.97 Å². The zero-order chi connectivity index (χ0) is 13.7. The lowest BCUT2D eigenvalue weighted by Crippen LogP contribution is -2.15. The van der Waals surface area contributed by atoms with Gasteiger partial charge in [0.2, 0.25) is 0 Å². The van der Waals surface area contributed by atoms with Crippen LogP contribution < -0.4 is 10.5 Å². The van der Waals surface area contributed by atoms with E-state index in [9.17, 15) is 9.59 Å². The van der Waals surface area contributed by atoms with Gasteiger partial charge in [-0.15, -0.1) is 0 Å². The molecule has 0 saturated carbocycles. The molecule has 1 aromatic carbocycles. The van der Waals surface area contributed by atoms with Crippen LogP contribution in [0.25, 0.3) is 0 Å². The van der Waals surface area contributed by atoms with Crippen molar-refractivity contribution >= 4 is 23.7 Å². The Morgan fingerprint density at radius 3 is 2.44 bits per heavy atom. The van der Waals surface area contributed by atoms with Gasteiger partial charge in [-0.25, -0.2) is 4.79 Å². The minimum Gasteiger partial charge on any atom is -0.492 e. The first kappa shape index (κ1) is 14.3. The predicted molar refractivity (Wildman–Crippen MR) is 66.8 cm³/mol. The monoisotopic (exact) mass is 271 g/mol. The number of benzene rings is 1. The Labute approximate surface area is 110 Å². The highest BCUT2D eigenvalue weighted by molar-refractivity contribution is 6.16. The van der Waals surface area contributed by atoms with Gasteiger partial charge in [0.1, 0.15) is 17.6 Å². The molecule has 0 aliphatic rings. The van der Waals surface area contributed by atoms with E-state index >= 15 is 0 Å². The van der Waals surface area contributed by atoms with Crippen LogP contribution in [0.3, 0.4) is 0 Å². The van der Waals surface area contributed by atoms with Crippen molar-refractivity contribution in [1.29, 1.82) is 0 Å². The third kappa shape index (κ3) is 2.92. The maximum absolute atomic E-state index is 11.4. The maximum Gasteiger partial charge on any atom is 0.356 e. The molecule has 1 rings (SSSR count). The maximum atomic E-state index is 11.4. The average molecular weight is 272 g/mol. The van der Waals surface area contributed by atoms with Gasteiger partial charge in [0.15, 0.2) is 0 Å². The van der Waals surface area contributed by atoms with Crippen molar-refractivity contribution in [2.45, 2.75) is 20.3 Å². The van der Waals surface area contributed by atoms with Crippen LogP contribution in [0.4, 0.5) is 0 Å². The second kappa shape index (κ2) is 6.26. The second-order valence-corrected chi connectivity index (χ2v) is 3.85. The van der Waals surface area contributed by atoms with E-state index in [0.29, 0.717) is 17.9 Å². The number of rotatable bonds is 5. The van der Waals surface area contributed by atoms with Crippen LogP contribution in [0.5, 0.6) is 5.75 Å². The first-order valence-electron chi connectivity index (χ1n) is 5.42. The fourth-order valence-corrected chi connectivity index (χ4v) is 1.62. The number of carbonyl (C=O) groups is 2. The Balaban J connectivity index is 3.30. The molecule has 2 N–H and O–H groups in total. The van der Waals surface area contributed by atoms with Crippen LogP contribution in [0, 0.1) is 6.92 Å². The minimum absolute atomic E-state index is 0.229. The van der Waals surface area contributed by atoms with Crippen LogP contribution >= 0.6 is 11.9 Å². The van der Waals surface area contributed by atoms with E-state index in [-0.39, 0.29) is 11.1 Å². The largest absolute Gasteiger partial charge is 0.492 e. The molecular formula is C12H14ClNO4. The molecule has 1 amide bonds. The molecule has 0 aromatic heterocycles. The molecule has 98 valence electrons. The molecule has 0 spiro atoms. The van der Waals surface area contributed by atoms with Crippen molar-refractivity contribution in [2.24, 2.45) is 5.73 Å². The molecule has 0 aliphatic carbocycles. The van der Waals surface area contributed by atoms with Gasteiger partial charge < -0.3 is 14.8 Å². The summed E-state index contributed by atoms with van der Waals surface area (Å²) in [6.45, 7) is 3.98. The first-order valence-corrected chi connectivity index (χ1v) is 5.72. The molecule has 0 radical (unpaired) electrons. The molecule has 0 aliphatic heterocycles. The van der Waals surface area contributed by atoms with Gasteiger partial charge in [-0.2, -0.15) is 0 Å². The number of hydrogen-bond acceptors (Lipinski definition) is 4. The minimum atomic E-state index is -0.702. The molecule has 0 bridgehead atoms. The van der Waals surface area contributed by atoms with E-state index in [4.69, 9.17) is 22.3 Å². The Bertz CT molecular complexity index is 473. The quantitative estimate of drug-likeness (QED) is 0.890. The van der Waals surface area contributed by atoms with E-state index in [1.165, 1.54) is 12.1 Å². The highest BCUT2D eigenvalue weighted by Gasteiger charge is 2.19. The number of nitrogens with two attached hydrogens (primary N) is 1. The second-order valence-electron chi connectivity index (χ2n) is 3.69. The van der Waals surface area contributed by atoms with E-state index in [1.807, 2.05) is 6.92 Å². The van der Waals surface area contributed by atoms with Crippen LogP contribution in [0.1, 0.15) is 39.6 Å². The van der Waals surface area contributed by atoms with Crippen LogP contribution in [0.15, 0.2) is 12.1 Å². The molecule has 5 nitrogen and oxygen atoms in total. The Kier molecular flexibility index (Phi) is 4.97. The number of primary amides is 1. The van der Waals surface area contributed by atoms with E-state index in [1.54, 1.807) is 6.92 Å². The van der Waals surface area contributed by atoms with Crippen LogP contribution in [0.2, 0.25) is 0 Å². The first-order chi connectivity index (χ1) is 8.52. The number of halogens is 1. The molecule has 18 heavy (non-hydrogen) atoms. The zero-order valence-electron chi connectivity index (χ0n) is 10.2. The van der Waals surface area contributed by atoms with Crippen molar-refractivity contribution in [1.82, 2.24) is 0 Å². The van der Waals surface area contributed by atoms with Gasteiger partial charge in [0.25, 0.3) is 5.91 Å². The van der Waals surface area contributed by atoms with Crippen molar-refractivity contribution in [3.8, 4) is 5.75 Å². The Morgan fingerprint density at radius 1 is 1.33 bits per heavy atom. The van der Waals surface area contributed by atoms with E-state index in [0.717, 1.165) is 6.42 Å². The highest BCUT2D eigenvalue weighted by Crippen LogP contribution is 2.27. The molecule has 0 fully saturated rings. The summed E-state index contributed by atoms with van der Waals surface area (Å²) in [5.74, 6) is -1.02. The predicted octanol–water partition coefficient (Wildman–Crippen LogP) is 2.19. The Morgan fingerprint density at radius 2 is 1.94 bits per heavy atom. The zero-order valence-corrected chi connectivity index (χ0v) is 10.9. The third-order valence-electron chi connectivity index (χ3n) is 2.41. The summed E-state index contributed by atoms with van der Waals surface area (Å²) >= 11 is 5.04. The topological polar surface area (TPSA) is 78.6 Å². The number of hydrogen-bond donors (Lipinski definition) is 1. The summed E-state index contributed by atoms with van der Waals surface area (Å²) in [6, 6.07) is 2.85. The number of carbonyl (C=O) groups excluding carboxylic acids is 2. The molecule has 1 aromatic rings. The molecule has 0 unspecified atom stereocenters. The lowest BCUT2D eigenvalue weighted by Gasteiger charge is -2.14. The summed E-state index contributed by atoms with van der Waals surface area (Å²) in [7, 11) is 0. The number of ether oxygens (including phenoxy) is 1. The third-order valence-corrected chi connectivity index (χ3v) is 2.55. The van der Waals surface area contributed by atoms with Crippen molar-refractivity contribution < 1.29 is 18.6 Å². The highest BCUT2D eigenvalue weighted by atomic mass is 35.5. The molecule has 0 heterocycles. The molecular weight excluding hydrogens is 258 g/mol. The number of amides is 1.